The molecule has 0 aliphatic rings. The van der Waals surface area contributed by atoms with Crippen molar-refractivity contribution in [1.82, 2.24) is 19.6 Å². The van der Waals surface area contributed by atoms with E-state index in [0.717, 1.165) is 5.56 Å². The largest absolute Gasteiger partial charge is 0.362 e. The van der Waals surface area contributed by atoms with Crippen LogP contribution < -0.4 is 5.32 Å². The van der Waals surface area contributed by atoms with Gasteiger partial charge in [-0.3, -0.25) is 19.6 Å². The van der Waals surface area contributed by atoms with Crippen LogP contribution in [0, 0.1) is 24.0 Å². The molecule has 1 aromatic carbocycles. The highest BCUT2D eigenvalue weighted by atomic mass is 16.6. The average Bonchev–Trinajstić information content (AvgIpc) is 3.19. The highest BCUT2D eigenvalue weighted by Crippen LogP contribution is 2.22. The molecule has 0 spiro atoms. The lowest BCUT2D eigenvalue weighted by atomic mass is 10.1. The smallest absolute Gasteiger partial charge is 0.312 e. The first-order chi connectivity index (χ1) is 13.4. The zero-order chi connectivity index (χ0) is 20.3. The van der Waals surface area contributed by atoms with Gasteiger partial charge in [0.1, 0.15) is 18.1 Å². The van der Waals surface area contributed by atoms with Crippen LogP contribution in [0.15, 0.2) is 36.7 Å². The fourth-order valence-electron chi connectivity index (χ4n) is 2.87. The fourth-order valence-corrected chi connectivity index (χ4v) is 2.87. The third-order valence-electron chi connectivity index (χ3n) is 4.23. The Bertz CT molecular complexity index is 1010. The van der Waals surface area contributed by atoms with Crippen LogP contribution in [0.1, 0.15) is 27.3 Å². The van der Waals surface area contributed by atoms with Crippen molar-refractivity contribution in [3.8, 4) is 0 Å². The normalized spacial score (nSPS) is 10.8. The molecule has 1 amide bonds. The maximum Gasteiger partial charge on any atom is 0.312 e. The topological polar surface area (TPSA) is 117 Å². The second-order valence-corrected chi connectivity index (χ2v) is 6.27. The molecule has 28 heavy (non-hydrogen) atoms. The second kappa shape index (κ2) is 8.01. The van der Waals surface area contributed by atoms with Crippen molar-refractivity contribution in [2.45, 2.75) is 27.1 Å². The zero-order valence-electron chi connectivity index (χ0n) is 15.7. The van der Waals surface area contributed by atoms with Crippen LogP contribution >= 0.6 is 0 Å². The van der Waals surface area contributed by atoms with Gasteiger partial charge in [-0.05, 0) is 31.5 Å². The average molecular weight is 384 g/mol. The lowest BCUT2D eigenvalue weighted by molar-refractivity contribution is -0.386. The molecule has 3 rings (SSSR count). The number of hydrogen-bond donors (Lipinski definition) is 1. The Morgan fingerprint density at radius 3 is 2.61 bits per heavy atom. The highest BCUT2D eigenvalue weighted by molar-refractivity contribution is 6.04. The van der Waals surface area contributed by atoms with Gasteiger partial charge in [0.25, 0.3) is 5.91 Å². The van der Waals surface area contributed by atoms with E-state index in [0.29, 0.717) is 35.9 Å². The van der Waals surface area contributed by atoms with Gasteiger partial charge in [0, 0.05) is 12.7 Å². The van der Waals surface area contributed by atoms with Crippen molar-refractivity contribution >= 4 is 17.3 Å². The Balaban J connectivity index is 1.68. The number of hydrogen-bond acceptors (Lipinski definition) is 6. The predicted molar refractivity (Wildman–Crippen MR) is 101 cm³/mol. The highest BCUT2D eigenvalue weighted by Gasteiger charge is 2.21. The van der Waals surface area contributed by atoms with Gasteiger partial charge in [0.05, 0.1) is 29.5 Å². The molecule has 1 N–H and O–H groups in total. The number of aromatic nitrogens is 4. The predicted octanol–water partition coefficient (Wildman–Crippen LogP) is 2.51. The van der Waals surface area contributed by atoms with E-state index < -0.39 is 4.92 Å². The summed E-state index contributed by atoms with van der Waals surface area (Å²) in [6, 6.07) is 6.99. The number of rotatable bonds is 7. The van der Waals surface area contributed by atoms with Crippen LogP contribution in [0.25, 0.3) is 0 Å². The number of carbonyl (C=O) groups excluding carboxylic acids is 1. The molecule has 0 bridgehead atoms. The van der Waals surface area contributed by atoms with Gasteiger partial charge in [-0.25, -0.2) is 4.68 Å². The van der Waals surface area contributed by atoms with Crippen molar-refractivity contribution < 1.29 is 14.5 Å². The molecule has 10 nitrogen and oxygen atoms in total. The lowest BCUT2D eigenvalue weighted by Gasteiger charge is -2.06. The van der Waals surface area contributed by atoms with E-state index in [-0.39, 0.29) is 11.6 Å². The van der Waals surface area contributed by atoms with E-state index in [1.807, 2.05) is 0 Å². The Hall–Kier alpha value is -3.53. The standard InChI is InChI=1S/C18H20N6O4/c1-12-17(24(26)27)13(2)23(21-12)9-14-4-6-15(7-5-14)18(25)20-16-8-19-22(10-16)11-28-3/h4-8,10H,9,11H2,1-3H3,(H,20,25). The summed E-state index contributed by atoms with van der Waals surface area (Å²) in [6.07, 6.45) is 3.21. The molecule has 0 unspecified atom stereocenters. The van der Waals surface area contributed by atoms with Gasteiger partial charge < -0.3 is 10.1 Å². The van der Waals surface area contributed by atoms with Gasteiger partial charge in [-0.15, -0.1) is 0 Å². The molecule has 2 heterocycles. The number of nitro groups is 1. The summed E-state index contributed by atoms with van der Waals surface area (Å²) >= 11 is 0. The van der Waals surface area contributed by atoms with E-state index in [4.69, 9.17) is 4.74 Å². The summed E-state index contributed by atoms with van der Waals surface area (Å²) in [5.41, 5.74) is 2.85. The molecular weight excluding hydrogens is 364 g/mol. The van der Waals surface area contributed by atoms with Gasteiger partial charge >= 0.3 is 5.69 Å². The van der Waals surface area contributed by atoms with Crippen molar-refractivity contribution in [2.75, 3.05) is 12.4 Å². The summed E-state index contributed by atoms with van der Waals surface area (Å²) in [5.74, 6) is -0.259. The van der Waals surface area contributed by atoms with Crippen molar-refractivity contribution in [2.24, 2.45) is 0 Å². The van der Waals surface area contributed by atoms with E-state index in [1.54, 1.807) is 67.0 Å². The van der Waals surface area contributed by atoms with Crippen molar-refractivity contribution in [1.29, 1.82) is 0 Å². The maximum atomic E-state index is 12.4. The number of ether oxygens (including phenoxy) is 1. The van der Waals surface area contributed by atoms with Crippen LogP contribution in [0.5, 0.6) is 0 Å². The van der Waals surface area contributed by atoms with Gasteiger partial charge in [-0.2, -0.15) is 10.2 Å². The molecule has 0 fully saturated rings. The molecule has 146 valence electrons. The number of benzene rings is 1. The Morgan fingerprint density at radius 2 is 2.00 bits per heavy atom. The van der Waals surface area contributed by atoms with Gasteiger partial charge in [-0.1, -0.05) is 12.1 Å². The van der Waals surface area contributed by atoms with Gasteiger partial charge in [0.15, 0.2) is 0 Å². The summed E-state index contributed by atoms with van der Waals surface area (Å²) in [5, 5.41) is 22.2. The Labute approximate surface area is 160 Å². The van der Waals surface area contributed by atoms with Crippen LogP contribution in [0.3, 0.4) is 0 Å². The third-order valence-corrected chi connectivity index (χ3v) is 4.23. The zero-order valence-corrected chi connectivity index (χ0v) is 15.7. The van der Waals surface area contributed by atoms with E-state index in [2.05, 4.69) is 15.5 Å². The molecular formula is C18H20N6O4. The number of anilines is 1. The first-order valence-electron chi connectivity index (χ1n) is 8.49. The molecule has 0 atom stereocenters. The number of carbonyl (C=O) groups is 1. The van der Waals surface area contributed by atoms with E-state index in [9.17, 15) is 14.9 Å². The van der Waals surface area contributed by atoms with Crippen LogP contribution in [0.4, 0.5) is 11.4 Å². The first kappa shape index (κ1) is 19.2. The molecule has 0 saturated heterocycles. The second-order valence-electron chi connectivity index (χ2n) is 6.27. The fraction of sp³-hybridized carbons (Fsp3) is 0.278. The lowest BCUT2D eigenvalue weighted by Crippen LogP contribution is -2.12. The van der Waals surface area contributed by atoms with Crippen LogP contribution in [-0.2, 0) is 18.0 Å². The molecule has 2 aromatic heterocycles. The third kappa shape index (κ3) is 4.07. The number of nitrogens with zero attached hydrogens (tertiary/aromatic N) is 5. The Morgan fingerprint density at radius 1 is 1.29 bits per heavy atom. The van der Waals surface area contributed by atoms with E-state index in [1.165, 1.54) is 0 Å². The monoisotopic (exact) mass is 384 g/mol. The van der Waals surface area contributed by atoms with Crippen LogP contribution in [0.2, 0.25) is 0 Å². The van der Waals surface area contributed by atoms with Crippen molar-refractivity contribution in [3.05, 3.63) is 69.3 Å². The quantitative estimate of drug-likeness (QED) is 0.494. The van der Waals surface area contributed by atoms with Crippen molar-refractivity contribution in [3.63, 3.8) is 0 Å². The first-order valence-corrected chi connectivity index (χ1v) is 8.49. The minimum absolute atomic E-state index is 0.0324. The minimum atomic E-state index is -0.420. The molecule has 10 heteroatoms. The SMILES string of the molecule is COCn1cc(NC(=O)c2ccc(Cn3nc(C)c([N+](=O)[O-])c3C)cc2)cn1. The summed E-state index contributed by atoms with van der Waals surface area (Å²) < 4.78 is 8.12. The van der Waals surface area contributed by atoms with E-state index >= 15 is 0 Å². The Kier molecular flexibility index (Phi) is 5.50. The van der Waals surface area contributed by atoms with Crippen LogP contribution in [-0.4, -0.2) is 37.5 Å². The summed E-state index contributed by atoms with van der Waals surface area (Å²) in [6.45, 7) is 3.97. The maximum absolute atomic E-state index is 12.4. The summed E-state index contributed by atoms with van der Waals surface area (Å²) in [4.78, 5) is 23.0. The number of aryl methyl sites for hydroxylation is 1. The molecule has 0 saturated carbocycles. The summed E-state index contributed by atoms with van der Waals surface area (Å²) in [7, 11) is 1.56. The molecule has 0 aliphatic carbocycles. The van der Waals surface area contributed by atoms with Gasteiger partial charge in [0.2, 0.25) is 0 Å². The molecule has 0 radical (unpaired) electrons. The number of methoxy groups -OCH3 is 1. The molecule has 0 aliphatic heterocycles. The number of nitrogens with one attached hydrogen (secondary N) is 1. The minimum Gasteiger partial charge on any atom is -0.362 e. The molecule has 3 aromatic rings. The number of amides is 1.